The molecule has 0 aromatic heterocycles. The molecule has 1 heterocycles. The molecule has 0 radical (unpaired) electrons. The van der Waals surface area contributed by atoms with Gasteiger partial charge in [0, 0.05) is 0 Å². The summed E-state index contributed by atoms with van der Waals surface area (Å²) >= 11 is 0. The SMILES string of the molecule is CCCCCC(C)CC1OOC1(CC)C(=O)O. The van der Waals surface area contributed by atoms with Crippen LogP contribution >= 0.6 is 0 Å². The van der Waals surface area contributed by atoms with Gasteiger partial charge in [-0.3, -0.25) is 0 Å². The second kappa shape index (κ2) is 6.36. The highest BCUT2D eigenvalue weighted by Gasteiger charge is 2.56. The van der Waals surface area contributed by atoms with Gasteiger partial charge in [0.05, 0.1) is 0 Å². The summed E-state index contributed by atoms with van der Waals surface area (Å²) in [5.74, 6) is -0.419. The van der Waals surface area contributed by atoms with Crippen molar-refractivity contribution in [2.24, 2.45) is 5.92 Å². The Bertz CT molecular complexity index is 250. The molecular formula is C13H24O4. The van der Waals surface area contributed by atoms with E-state index in [0.29, 0.717) is 12.3 Å². The fraction of sp³-hybridized carbons (Fsp3) is 0.923. The molecule has 0 spiro atoms. The van der Waals surface area contributed by atoms with Gasteiger partial charge in [-0.15, -0.1) is 0 Å². The van der Waals surface area contributed by atoms with E-state index in [0.717, 1.165) is 12.8 Å². The minimum Gasteiger partial charge on any atom is -0.479 e. The molecule has 3 unspecified atom stereocenters. The Morgan fingerprint density at radius 2 is 2.12 bits per heavy atom. The second-order valence-corrected chi connectivity index (χ2v) is 5.05. The summed E-state index contributed by atoms with van der Waals surface area (Å²) in [6.45, 7) is 6.16. The highest BCUT2D eigenvalue weighted by molar-refractivity contribution is 5.78. The number of carboxylic acids is 1. The van der Waals surface area contributed by atoms with Crippen LogP contribution in [0.1, 0.15) is 59.3 Å². The van der Waals surface area contributed by atoms with Crippen LogP contribution in [0, 0.1) is 5.92 Å². The molecule has 17 heavy (non-hydrogen) atoms. The van der Waals surface area contributed by atoms with Crippen molar-refractivity contribution in [2.45, 2.75) is 71.0 Å². The third-order valence-corrected chi connectivity index (χ3v) is 3.64. The van der Waals surface area contributed by atoms with E-state index in [9.17, 15) is 9.90 Å². The van der Waals surface area contributed by atoms with E-state index in [2.05, 4.69) is 13.8 Å². The maximum Gasteiger partial charge on any atom is 0.342 e. The standard InChI is InChI=1S/C13H24O4/c1-4-6-7-8-10(3)9-11-13(5-2,12(14)15)17-16-11/h10-11H,4-9H2,1-3H3,(H,14,15). The van der Waals surface area contributed by atoms with Gasteiger partial charge in [0.1, 0.15) is 6.10 Å². The lowest BCUT2D eigenvalue weighted by Gasteiger charge is -2.43. The van der Waals surface area contributed by atoms with Gasteiger partial charge in [0.25, 0.3) is 0 Å². The summed E-state index contributed by atoms with van der Waals surface area (Å²) in [7, 11) is 0. The van der Waals surface area contributed by atoms with E-state index in [1.807, 2.05) is 6.92 Å². The van der Waals surface area contributed by atoms with Gasteiger partial charge >= 0.3 is 5.97 Å². The van der Waals surface area contributed by atoms with E-state index in [1.165, 1.54) is 19.3 Å². The van der Waals surface area contributed by atoms with Crippen LogP contribution < -0.4 is 0 Å². The molecule has 0 aromatic rings. The topological polar surface area (TPSA) is 55.8 Å². The molecule has 0 aliphatic carbocycles. The van der Waals surface area contributed by atoms with Gasteiger partial charge in [-0.05, 0) is 18.8 Å². The zero-order valence-electron chi connectivity index (χ0n) is 11.1. The third-order valence-electron chi connectivity index (χ3n) is 3.64. The normalized spacial score (nSPS) is 29.7. The van der Waals surface area contributed by atoms with Gasteiger partial charge in [-0.2, -0.15) is 0 Å². The van der Waals surface area contributed by atoms with Crippen molar-refractivity contribution in [3.05, 3.63) is 0 Å². The summed E-state index contributed by atoms with van der Waals surface area (Å²) < 4.78 is 0. The highest BCUT2D eigenvalue weighted by Crippen LogP contribution is 2.38. The van der Waals surface area contributed by atoms with Gasteiger partial charge < -0.3 is 5.11 Å². The van der Waals surface area contributed by atoms with Crippen LogP contribution in [-0.4, -0.2) is 22.8 Å². The molecule has 3 atom stereocenters. The Morgan fingerprint density at radius 3 is 2.53 bits per heavy atom. The number of hydrogen-bond donors (Lipinski definition) is 1. The van der Waals surface area contributed by atoms with Crippen LogP contribution in [-0.2, 0) is 14.6 Å². The van der Waals surface area contributed by atoms with Crippen molar-refractivity contribution >= 4 is 5.97 Å². The number of carboxylic acid groups (broad SMARTS) is 1. The van der Waals surface area contributed by atoms with E-state index < -0.39 is 11.6 Å². The minimum absolute atomic E-state index is 0.290. The van der Waals surface area contributed by atoms with Crippen molar-refractivity contribution in [3.8, 4) is 0 Å². The van der Waals surface area contributed by atoms with E-state index in [-0.39, 0.29) is 6.10 Å². The number of aliphatic carboxylic acids is 1. The Balaban J connectivity index is 2.38. The molecule has 1 aliphatic rings. The quantitative estimate of drug-likeness (QED) is 0.526. The smallest absolute Gasteiger partial charge is 0.342 e. The zero-order chi connectivity index (χ0) is 12.9. The maximum absolute atomic E-state index is 11.2. The first kappa shape index (κ1) is 14.5. The Kier molecular flexibility index (Phi) is 5.40. The molecule has 100 valence electrons. The van der Waals surface area contributed by atoms with E-state index in [1.54, 1.807) is 0 Å². The van der Waals surface area contributed by atoms with Crippen molar-refractivity contribution in [1.29, 1.82) is 0 Å². The highest BCUT2D eigenvalue weighted by atomic mass is 17.3. The first-order valence-corrected chi connectivity index (χ1v) is 6.64. The molecule has 0 amide bonds. The number of carbonyl (C=O) groups is 1. The first-order valence-electron chi connectivity index (χ1n) is 6.64. The maximum atomic E-state index is 11.2. The summed E-state index contributed by atoms with van der Waals surface area (Å²) in [5.41, 5.74) is -1.10. The Labute approximate surface area is 103 Å². The van der Waals surface area contributed by atoms with Gasteiger partial charge in [0.2, 0.25) is 5.60 Å². The molecule has 1 aliphatic heterocycles. The predicted molar refractivity (Wildman–Crippen MR) is 64.5 cm³/mol. The van der Waals surface area contributed by atoms with Crippen LogP contribution in [0.15, 0.2) is 0 Å². The third kappa shape index (κ3) is 3.19. The second-order valence-electron chi connectivity index (χ2n) is 5.05. The van der Waals surface area contributed by atoms with Crippen molar-refractivity contribution < 1.29 is 19.7 Å². The van der Waals surface area contributed by atoms with E-state index >= 15 is 0 Å². The number of unbranched alkanes of at least 4 members (excludes halogenated alkanes) is 2. The molecule has 4 heteroatoms. The van der Waals surface area contributed by atoms with Crippen molar-refractivity contribution in [2.75, 3.05) is 0 Å². The predicted octanol–water partition coefficient (Wildman–Crippen LogP) is 3.16. The fourth-order valence-corrected chi connectivity index (χ4v) is 2.30. The van der Waals surface area contributed by atoms with Crippen LogP contribution in [0.2, 0.25) is 0 Å². The number of rotatable bonds is 8. The molecule has 1 N–H and O–H groups in total. The van der Waals surface area contributed by atoms with Crippen LogP contribution in [0.4, 0.5) is 0 Å². The lowest BCUT2D eigenvalue weighted by atomic mass is 9.84. The Morgan fingerprint density at radius 1 is 1.41 bits per heavy atom. The Hall–Kier alpha value is -0.610. The van der Waals surface area contributed by atoms with Gasteiger partial charge in [0.15, 0.2) is 0 Å². The summed E-state index contributed by atoms with van der Waals surface area (Å²) in [4.78, 5) is 21.0. The average Bonchev–Trinajstić information content (AvgIpc) is 2.26. The molecule has 0 aromatic carbocycles. The van der Waals surface area contributed by atoms with Gasteiger partial charge in [-0.25, -0.2) is 14.6 Å². The molecule has 1 fully saturated rings. The summed E-state index contributed by atoms with van der Waals surface area (Å²) in [5, 5.41) is 9.18. The van der Waals surface area contributed by atoms with Crippen molar-refractivity contribution in [1.82, 2.24) is 0 Å². The van der Waals surface area contributed by atoms with Crippen LogP contribution in [0.3, 0.4) is 0 Å². The van der Waals surface area contributed by atoms with Gasteiger partial charge in [-0.1, -0.05) is 46.5 Å². The fourth-order valence-electron chi connectivity index (χ4n) is 2.30. The van der Waals surface area contributed by atoms with E-state index in [4.69, 9.17) is 9.78 Å². The van der Waals surface area contributed by atoms with Crippen molar-refractivity contribution in [3.63, 3.8) is 0 Å². The monoisotopic (exact) mass is 244 g/mol. The zero-order valence-corrected chi connectivity index (χ0v) is 11.1. The molecule has 4 nitrogen and oxygen atoms in total. The molecule has 1 saturated heterocycles. The first-order chi connectivity index (χ1) is 8.06. The average molecular weight is 244 g/mol. The summed E-state index contributed by atoms with van der Waals surface area (Å²) in [6, 6.07) is 0. The molecule has 0 saturated carbocycles. The molecular weight excluding hydrogens is 220 g/mol. The molecule has 1 rings (SSSR count). The lowest BCUT2D eigenvalue weighted by molar-refractivity contribution is -0.499. The molecule has 0 bridgehead atoms. The number of hydrogen-bond acceptors (Lipinski definition) is 3. The lowest BCUT2D eigenvalue weighted by Crippen LogP contribution is -2.61. The summed E-state index contributed by atoms with van der Waals surface area (Å²) in [6.07, 6.45) is 5.72. The van der Waals surface area contributed by atoms with Crippen LogP contribution in [0.5, 0.6) is 0 Å². The minimum atomic E-state index is -1.10. The largest absolute Gasteiger partial charge is 0.479 e. The van der Waals surface area contributed by atoms with Crippen LogP contribution in [0.25, 0.3) is 0 Å².